The fourth-order valence-electron chi connectivity index (χ4n) is 2.22. The second-order valence-corrected chi connectivity index (χ2v) is 5.43. The Morgan fingerprint density at radius 1 is 1.38 bits per heavy atom. The van der Waals surface area contributed by atoms with Gasteiger partial charge in [-0.1, -0.05) is 18.2 Å². The highest BCUT2D eigenvalue weighted by molar-refractivity contribution is 7.17. The first-order chi connectivity index (χ1) is 7.84. The van der Waals surface area contributed by atoms with E-state index >= 15 is 0 Å². The van der Waals surface area contributed by atoms with Gasteiger partial charge in [-0.25, -0.2) is 0 Å². The van der Waals surface area contributed by atoms with Gasteiger partial charge in [-0.15, -0.1) is 11.3 Å². The molecule has 0 spiro atoms. The summed E-state index contributed by atoms with van der Waals surface area (Å²) in [5.74, 6) is 0.823. The molecule has 1 saturated heterocycles. The molecule has 0 atom stereocenters. The molecule has 2 nitrogen and oxygen atoms in total. The van der Waals surface area contributed by atoms with Crippen LogP contribution in [0.4, 0.5) is 5.69 Å². The number of benzene rings is 1. The standard InChI is InChI=1S/C13H16N2S/c1-15(8-10-6-14-7-10)12-9-16-13-5-3-2-4-11(12)13/h2-5,9-10,14H,6-8H2,1H3. The molecule has 0 bridgehead atoms. The molecule has 1 aromatic carbocycles. The van der Waals surface area contributed by atoms with Crippen LogP contribution in [0.1, 0.15) is 0 Å². The van der Waals surface area contributed by atoms with E-state index in [0.29, 0.717) is 0 Å². The quantitative estimate of drug-likeness (QED) is 0.875. The molecule has 0 amide bonds. The lowest BCUT2D eigenvalue weighted by atomic mass is 10.0. The lowest BCUT2D eigenvalue weighted by Crippen LogP contribution is -2.47. The molecule has 2 aromatic rings. The average molecular weight is 232 g/mol. The third kappa shape index (κ3) is 1.70. The summed E-state index contributed by atoms with van der Waals surface area (Å²) in [7, 11) is 2.20. The molecule has 1 fully saturated rings. The molecule has 3 heteroatoms. The van der Waals surface area contributed by atoms with Gasteiger partial charge in [0.2, 0.25) is 0 Å². The zero-order valence-electron chi connectivity index (χ0n) is 9.44. The van der Waals surface area contributed by atoms with Crippen molar-refractivity contribution in [2.24, 2.45) is 5.92 Å². The number of hydrogen-bond acceptors (Lipinski definition) is 3. The smallest absolute Gasteiger partial charge is 0.0552 e. The zero-order valence-corrected chi connectivity index (χ0v) is 10.3. The Bertz CT molecular complexity index is 487. The van der Waals surface area contributed by atoms with Gasteiger partial charge in [0.25, 0.3) is 0 Å². The van der Waals surface area contributed by atoms with Crippen LogP contribution in [0.15, 0.2) is 29.6 Å². The van der Waals surface area contributed by atoms with Gasteiger partial charge < -0.3 is 10.2 Å². The van der Waals surface area contributed by atoms with E-state index in [2.05, 4.69) is 46.9 Å². The highest BCUT2D eigenvalue weighted by Gasteiger charge is 2.19. The second-order valence-electron chi connectivity index (χ2n) is 4.52. The van der Waals surface area contributed by atoms with Crippen molar-refractivity contribution < 1.29 is 0 Å². The van der Waals surface area contributed by atoms with E-state index in [4.69, 9.17) is 0 Å². The Morgan fingerprint density at radius 2 is 2.19 bits per heavy atom. The van der Waals surface area contributed by atoms with Crippen molar-refractivity contribution in [1.29, 1.82) is 0 Å². The van der Waals surface area contributed by atoms with Crippen LogP contribution in [0.3, 0.4) is 0 Å². The molecule has 1 N–H and O–H groups in total. The van der Waals surface area contributed by atoms with Crippen molar-refractivity contribution in [2.75, 3.05) is 31.6 Å². The lowest BCUT2D eigenvalue weighted by molar-refractivity contribution is 0.353. The van der Waals surface area contributed by atoms with E-state index in [1.54, 1.807) is 0 Å². The monoisotopic (exact) mass is 232 g/mol. The van der Waals surface area contributed by atoms with Crippen LogP contribution in [0, 0.1) is 5.92 Å². The largest absolute Gasteiger partial charge is 0.373 e. The molecule has 1 aliphatic rings. The van der Waals surface area contributed by atoms with Crippen molar-refractivity contribution in [2.45, 2.75) is 0 Å². The number of anilines is 1. The van der Waals surface area contributed by atoms with Crippen LogP contribution in [0.25, 0.3) is 10.1 Å². The molecule has 0 unspecified atom stereocenters. The predicted molar refractivity (Wildman–Crippen MR) is 71.5 cm³/mol. The maximum absolute atomic E-state index is 3.32. The van der Waals surface area contributed by atoms with E-state index in [1.165, 1.54) is 28.9 Å². The summed E-state index contributed by atoms with van der Waals surface area (Å²) in [4.78, 5) is 2.39. The van der Waals surface area contributed by atoms with E-state index in [1.807, 2.05) is 11.3 Å². The molecular formula is C13H16N2S. The lowest BCUT2D eigenvalue weighted by Gasteiger charge is -2.32. The van der Waals surface area contributed by atoms with Gasteiger partial charge in [0.1, 0.15) is 0 Å². The summed E-state index contributed by atoms with van der Waals surface area (Å²) in [6.07, 6.45) is 0. The fraction of sp³-hybridized carbons (Fsp3) is 0.385. The Morgan fingerprint density at radius 3 is 2.94 bits per heavy atom. The van der Waals surface area contributed by atoms with Crippen molar-refractivity contribution >= 4 is 27.1 Å². The van der Waals surface area contributed by atoms with Crippen LogP contribution in [0.5, 0.6) is 0 Å². The summed E-state index contributed by atoms with van der Waals surface area (Å²) in [6, 6.07) is 8.65. The van der Waals surface area contributed by atoms with Crippen LogP contribution in [-0.2, 0) is 0 Å². The molecule has 1 aliphatic heterocycles. The molecule has 84 valence electrons. The number of hydrogen-bond donors (Lipinski definition) is 1. The molecule has 2 heterocycles. The summed E-state index contributed by atoms with van der Waals surface area (Å²) in [5, 5.41) is 6.99. The number of fused-ring (bicyclic) bond motifs is 1. The number of nitrogens with zero attached hydrogens (tertiary/aromatic N) is 1. The van der Waals surface area contributed by atoms with Crippen LogP contribution in [0.2, 0.25) is 0 Å². The van der Waals surface area contributed by atoms with Gasteiger partial charge in [0, 0.05) is 48.1 Å². The average Bonchev–Trinajstić information content (AvgIpc) is 2.67. The third-order valence-corrected chi connectivity index (χ3v) is 4.22. The molecular weight excluding hydrogens is 216 g/mol. The highest BCUT2D eigenvalue weighted by atomic mass is 32.1. The normalized spacial score (nSPS) is 16.3. The Hall–Kier alpha value is -1.06. The van der Waals surface area contributed by atoms with Gasteiger partial charge in [-0.05, 0) is 6.07 Å². The van der Waals surface area contributed by atoms with Gasteiger partial charge >= 0.3 is 0 Å². The Kier molecular flexibility index (Phi) is 2.58. The van der Waals surface area contributed by atoms with Crippen LogP contribution in [-0.4, -0.2) is 26.7 Å². The number of nitrogens with one attached hydrogen (secondary N) is 1. The third-order valence-electron chi connectivity index (χ3n) is 3.27. The van der Waals surface area contributed by atoms with Crippen molar-refractivity contribution in [1.82, 2.24) is 5.32 Å². The van der Waals surface area contributed by atoms with Gasteiger partial charge in [0.05, 0.1) is 5.69 Å². The first kappa shape index (κ1) is 10.1. The predicted octanol–water partition coefficient (Wildman–Crippen LogP) is 2.56. The van der Waals surface area contributed by atoms with Crippen molar-refractivity contribution in [3.63, 3.8) is 0 Å². The SMILES string of the molecule is CN(CC1CNC1)c1csc2ccccc12. The van der Waals surface area contributed by atoms with E-state index < -0.39 is 0 Å². The van der Waals surface area contributed by atoms with Gasteiger partial charge in [0.15, 0.2) is 0 Å². The minimum Gasteiger partial charge on any atom is -0.373 e. The van der Waals surface area contributed by atoms with E-state index in [9.17, 15) is 0 Å². The highest BCUT2D eigenvalue weighted by Crippen LogP contribution is 2.32. The number of rotatable bonds is 3. The Labute approximate surface area is 99.9 Å². The van der Waals surface area contributed by atoms with Crippen LogP contribution >= 0.6 is 11.3 Å². The molecule has 0 aliphatic carbocycles. The zero-order chi connectivity index (χ0) is 11.0. The molecule has 16 heavy (non-hydrogen) atoms. The summed E-state index contributed by atoms with van der Waals surface area (Å²) in [5.41, 5.74) is 1.38. The number of thiophene rings is 1. The molecule has 3 rings (SSSR count). The van der Waals surface area contributed by atoms with Crippen molar-refractivity contribution in [3.8, 4) is 0 Å². The van der Waals surface area contributed by atoms with Crippen molar-refractivity contribution in [3.05, 3.63) is 29.6 Å². The minimum absolute atomic E-state index is 0.823. The first-order valence-electron chi connectivity index (χ1n) is 5.72. The summed E-state index contributed by atoms with van der Waals surface area (Å²) >= 11 is 1.84. The molecule has 1 aromatic heterocycles. The molecule has 0 radical (unpaired) electrons. The van der Waals surface area contributed by atoms with E-state index in [-0.39, 0.29) is 0 Å². The fourth-order valence-corrected chi connectivity index (χ4v) is 3.22. The molecule has 0 saturated carbocycles. The maximum atomic E-state index is 3.32. The summed E-state index contributed by atoms with van der Waals surface area (Å²) in [6.45, 7) is 3.51. The van der Waals surface area contributed by atoms with Gasteiger partial charge in [-0.3, -0.25) is 0 Å². The minimum atomic E-state index is 0.823. The maximum Gasteiger partial charge on any atom is 0.0552 e. The second kappa shape index (κ2) is 4.07. The summed E-state index contributed by atoms with van der Waals surface area (Å²) < 4.78 is 1.39. The topological polar surface area (TPSA) is 15.3 Å². The van der Waals surface area contributed by atoms with Gasteiger partial charge in [-0.2, -0.15) is 0 Å². The first-order valence-corrected chi connectivity index (χ1v) is 6.60. The Balaban J connectivity index is 1.86. The van der Waals surface area contributed by atoms with Crippen LogP contribution < -0.4 is 10.2 Å². The van der Waals surface area contributed by atoms with E-state index in [0.717, 1.165) is 12.5 Å².